The van der Waals surface area contributed by atoms with Crippen molar-refractivity contribution >= 4 is 37.3 Å². The Balaban J connectivity index is 2.54. The molecule has 0 saturated heterocycles. The van der Waals surface area contributed by atoms with E-state index >= 15 is 0 Å². The fourth-order valence-electron chi connectivity index (χ4n) is 2.37. The minimum absolute atomic E-state index is 0.0314. The number of rotatable bonds is 4. The molecule has 1 N–H and O–H groups in total. The van der Waals surface area contributed by atoms with Crippen molar-refractivity contribution in [3.8, 4) is 0 Å². The highest BCUT2D eigenvalue weighted by Gasteiger charge is 2.32. The van der Waals surface area contributed by atoms with E-state index in [1.54, 1.807) is 0 Å². The van der Waals surface area contributed by atoms with Gasteiger partial charge >= 0.3 is 5.97 Å². The third kappa shape index (κ3) is 3.04. The predicted octanol–water partition coefficient (Wildman–Crippen LogP) is 2.21. The second-order valence-electron chi connectivity index (χ2n) is 4.48. The van der Waals surface area contributed by atoms with Crippen LogP contribution in [-0.4, -0.2) is 29.3 Å². The van der Waals surface area contributed by atoms with Crippen LogP contribution in [0.25, 0.3) is 0 Å². The second kappa shape index (κ2) is 5.30. The van der Waals surface area contributed by atoms with Gasteiger partial charge in [0.05, 0.1) is 5.69 Å². The van der Waals surface area contributed by atoms with Gasteiger partial charge < -0.3 is 5.11 Å². The molecule has 1 aliphatic rings. The smallest absolute Gasteiger partial charge is 0.325 e. The summed E-state index contributed by atoms with van der Waals surface area (Å²) >= 11 is 5.91. The van der Waals surface area contributed by atoms with Crippen LogP contribution in [0.1, 0.15) is 37.3 Å². The van der Waals surface area contributed by atoms with Gasteiger partial charge in [-0.2, -0.15) is 5.10 Å². The molecule has 1 aliphatic carbocycles. The highest BCUT2D eigenvalue weighted by atomic mass is 35.7. The molecule has 6 nitrogen and oxygen atoms in total. The van der Waals surface area contributed by atoms with Crippen molar-refractivity contribution in [1.29, 1.82) is 0 Å². The molecule has 1 saturated carbocycles. The molecule has 106 valence electrons. The summed E-state index contributed by atoms with van der Waals surface area (Å²) in [6.07, 6.45) is 3.57. The first-order valence-corrected chi connectivity index (χ1v) is 8.42. The topological polar surface area (TPSA) is 89.3 Å². The molecule has 1 aromatic rings. The number of hydrogen-bond donors (Lipinski definition) is 1. The summed E-state index contributed by atoms with van der Waals surface area (Å²) in [4.78, 5) is 10.5. The lowest BCUT2D eigenvalue weighted by Crippen LogP contribution is -2.10. The summed E-state index contributed by atoms with van der Waals surface area (Å²) in [5, 5.41) is 12.6. The molecule has 0 bridgehead atoms. The monoisotopic (exact) mass is 326 g/mol. The quantitative estimate of drug-likeness (QED) is 0.857. The first kappa shape index (κ1) is 14.6. The van der Waals surface area contributed by atoms with Crippen molar-refractivity contribution in [2.24, 2.45) is 0 Å². The first-order chi connectivity index (χ1) is 8.80. The van der Waals surface area contributed by atoms with Crippen molar-refractivity contribution in [2.75, 3.05) is 0 Å². The van der Waals surface area contributed by atoms with Crippen molar-refractivity contribution in [3.05, 3.63) is 10.8 Å². The minimum Gasteiger partial charge on any atom is -0.480 e. The molecular formula is C10H12Cl2N2O4S. The minimum atomic E-state index is -4.05. The standard InChI is InChI=1S/C10H12Cl2N2O4S/c11-10-9(19(12,17)18)8(6-3-1-2-4-6)13-14(10)5-7(15)16/h6H,1-5H2,(H,15,16). The Hall–Kier alpha value is -0.790. The molecule has 19 heavy (non-hydrogen) atoms. The van der Waals surface area contributed by atoms with Crippen LogP contribution in [0.2, 0.25) is 5.15 Å². The van der Waals surface area contributed by atoms with Crippen LogP contribution < -0.4 is 0 Å². The maximum Gasteiger partial charge on any atom is 0.325 e. The van der Waals surface area contributed by atoms with Gasteiger partial charge in [-0.15, -0.1) is 0 Å². The molecule has 1 heterocycles. The fourth-order valence-corrected chi connectivity index (χ4v) is 4.20. The average Bonchev–Trinajstić information content (AvgIpc) is 2.85. The van der Waals surface area contributed by atoms with Crippen molar-refractivity contribution < 1.29 is 18.3 Å². The van der Waals surface area contributed by atoms with Gasteiger partial charge in [0.1, 0.15) is 16.6 Å². The summed E-state index contributed by atoms with van der Waals surface area (Å²) in [6, 6.07) is 0. The largest absolute Gasteiger partial charge is 0.480 e. The Morgan fingerprint density at radius 1 is 1.42 bits per heavy atom. The van der Waals surface area contributed by atoms with Crippen LogP contribution in [0, 0.1) is 0 Å². The number of carbonyl (C=O) groups is 1. The van der Waals surface area contributed by atoms with E-state index in [0.29, 0.717) is 5.69 Å². The Labute approximate surface area is 119 Å². The van der Waals surface area contributed by atoms with Crippen molar-refractivity contribution in [1.82, 2.24) is 9.78 Å². The molecule has 0 aliphatic heterocycles. The first-order valence-electron chi connectivity index (χ1n) is 5.73. The maximum atomic E-state index is 11.6. The molecule has 0 radical (unpaired) electrons. The molecule has 0 aromatic carbocycles. The van der Waals surface area contributed by atoms with Crippen LogP contribution in [0.5, 0.6) is 0 Å². The van der Waals surface area contributed by atoms with Gasteiger partial charge in [-0.05, 0) is 12.8 Å². The zero-order valence-electron chi connectivity index (χ0n) is 9.84. The number of hydrogen-bond acceptors (Lipinski definition) is 4. The lowest BCUT2D eigenvalue weighted by atomic mass is 10.1. The molecule has 9 heteroatoms. The lowest BCUT2D eigenvalue weighted by molar-refractivity contribution is -0.137. The SMILES string of the molecule is O=C(O)Cn1nc(C2CCCC2)c(S(=O)(=O)Cl)c1Cl. The van der Waals surface area contributed by atoms with Gasteiger partial charge in [0.2, 0.25) is 0 Å². The molecule has 0 amide bonds. The van der Waals surface area contributed by atoms with Crippen LogP contribution in [-0.2, 0) is 20.4 Å². The molecule has 0 spiro atoms. The normalized spacial score (nSPS) is 16.9. The van der Waals surface area contributed by atoms with Gasteiger partial charge in [0.25, 0.3) is 9.05 Å². The van der Waals surface area contributed by atoms with E-state index in [-0.39, 0.29) is 16.0 Å². The van der Waals surface area contributed by atoms with E-state index < -0.39 is 21.6 Å². The highest BCUT2D eigenvalue weighted by molar-refractivity contribution is 8.13. The van der Waals surface area contributed by atoms with Crippen molar-refractivity contribution in [2.45, 2.75) is 43.0 Å². The predicted molar refractivity (Wildman–Crippen MR) is 69.1 cm³/mol. The van der Waals surface area contributed by atoms with E-state index in [4.69, 9.17) is 27.4 Å². The average molecular weight is 327 g/mol. The van der Waals surface area contributed by atoms with Crippen LogP contribution in [0.4, 0.5) is 0 Å². The number of carboxylic acids is 1. The number of halogens is 2. The van der Waals surface area contributed by atoms with Gasteiger partial charge in [-0.25, -0.2) is 13.1 Å². The van der Waals surface area contributed by atoms with E-state index in [9.17, 15) is 13.2 Å². The third-order valence-corrected chi connectivity index (χ3v) is 4.99. The molecule has 2 rings (SSSR count). The van der Waals surface area contributed by atoms with Crippen LogP contribution in [0.3, 0.4) is 0 Å². The van der Waals surface area contributed by atoms with E-state index in [0.717, 1.165) is 30.4 Å². The number of aromatic nitrogens is 2. The molecular weight excluding hydrogens is 315 g/mol. The Bertz CT molecular complexity index is 605. The molecule has 1 fully saturated rings. The molecule has 1 aromatic heterocycles. The van der Waals surface area contributed by atoms with E-state index in [1.165, 1.54) is 0 Å². The van der Waals surface area contributed by atoms with Crippen molar-refractivity contribution in [3.63, 3.8) is 0 Å². The maximum absolute atomic E-state index is 11.6. The summed E-state index contributed by atoms with van der Waals surface area (Å²) in [5.74, 6) is -1.18. The van der Waals surface area contributed by atoms with Crippen LogP contribution in [0.15, 0.2) is 4.90 Å². The third-order valence-electron chi connectivity index (χ3n) is 3.15. The van der Waals surface area contributed by atoms with Gasteiger partial charge in [-0.3, -0.25) is 4.79 Å². The molecule has 0 atom stereocenters. The fraction of sp³-hybridized carbons (Fsp3) is 0.600. The van der Waals surface area contributed by atoms with Crippen LogP contribution >= 0.6 is 22.3 Å². The number of aliphatic carboxylic acids is 1. The van der Waals surface area contributed by atoms with E-state index in [1.807, 2.05) is 0 Å². The summed E-state index contributed by atoms with van der Waals surface area (Å²) < 4.78 is 24.2. The zero-order chi connectivity index (χ0) is 14.2. The Morgan fingerprint density at radius 3 is 2.47 bits per heavy atom. The van der Waals surface area contributed by atoms with Gasteiger partial charge in [0.15, 0.2) is 0 Å². The summed E-state index contributed by atoms with van der Waals surface area (Å²) in [5.41, 5.74) is 0.291. The number of nitrogens with zero attached hydrogens (tertiary/aromatic N) is 2. The van der Waals surface area contributed by atoms with E-state index in [2.05, 4.69) is 5.10 Å². The summed E-state index contributed by atoms with van der Waals surface area (Å²) in [6.45, 7) is -0.495. The summed E-state index contributed by atoms with van der Waals surface area (Å²) in [7, 11) is 1.33. The Kier molecular flexibility index (Phi) is 4.08. The van der Waals surface area contributed by atoms with Gasteiger partial charge in [-0.1, -0.05) is 24.4 Å². The highest BCUT2D eigenvalue weighted by Crippen LogP contribution is 2.40. The molecule has 0 unspecified atom stereocenters. The lowest BCUT2D eigenvalue weighted by Gasteiger charge is -2.06. The zero-order valence-corrected chi connectivity index (χ0v) is 12.2. The second-order valence-corrected chi connectivity index (χ2v) is 7.34. The number of carboxylic acid groups (broad SMARTS) is 1. The Morgan fingerprint density at radius 2 is 2.00 bits per heavy atom. The van der Waals surface area contributed by atoms with Gasteiger partial charge in [0, 0.05) is 16.6 Å².